The maximum atomic E-state index is 6.00. The number of likely N-dealkylation sites (N-methyl/N-ethyl adjacent to an activating group) is 1. The first-order valence-corrected chi connectivity index (χ1v) is 9.63. The van der Waals surface area contributed by atoms with Crippen molar-refractivity contribution in [3.8, 4) is 0 Å². The van der Waals surface area contributed by atoms with Gasteiger partial charge in [0.2, 0.25) is 0 Å². The quantitative estimate of drug-likeness (QED) is 0.347. The van der Waals surface area contributed by atoms with E-state index in [4.69, 9.17) is 5.73 Å². The monoisotopic (exact) mass is 473 g/mol. The molecule has 0 aliphatic carbocycles. The third-order valence-electron chi connectivity index (χ3n) is 4.87. The second-order valence-corrected chi connectivity index (χ2v) is 7.29. The van der Waals surface area contributed by atoms with E-state index in [1.807, 2.05) is 0 Å². The van der Waals surface area contributed by atoms with Crippen LogP contribution in [0.4, 0.5) is 0 Å². The summed E-state index contributed by atoms with van der Waals surface area (Å²) >= 11 is 0. The molecule has 0 unspecified atom stereocenters. The van der Waals surface area contributed by atoms with Crippen LogP contribution in [0.3, 0.4) is 0 Å². The first kappa shape index (κ1) is 23.2. The van der Waals surface area contributed by atoms with Crippen LogP contribution in [0.15, 0.2) is 29.3 Å². The zero-order valence-corrected chi connectivity index (χ0v) is 18.9. The summed E-state index contributed by atoms with van der Waals surface area (Å²) in [4.78, 5) is 9.58. The van der Waals surface area contributed by atoms with Crippen LogP contribution in [0.2, 0.25) is 0 Å². The molecular formula is C20H36IN5. The van der Waals surface area contributed by atoms with Gasteiger partial charge >= 0.3 is 0 Å². The highest BCUT2D eigenvalue weighted by atomic mass is 127. The van der Waals surface area contributed by atoms with Crippen LogP contribution in [-0.2, 0) is 13.1 Å². The predicted octanol–water partition coefficient (Wildman–Crippen LogP) is 2.89. The summed E-state index contributed by atoms with van der Waals surface area (Å²) in [5.74, 6) is 1.22. The molecule has 1 aromatic carbocycles. The average molecular weight is 473 g/mol. The molecule has 0 spiro atoms. The second kappa shape index (κ2) is 12.5. The van der Waals surface area contributed by atoms with Crippen molar-refractivity contribution in [2.75, 3.05) is 39.3 Å². The van der Waals surface area contributed by atoms with Crippen LogP contribution in [0.5, 0.6) is 0 Å². The third-order valence-corrected chi connectivity index (χ3v) is 4.87. The number of hydrogen-bond donors (Lipinski definition) is 2. The minimum atomic E-state index is 0. The molecule has 6 heteroatoms. The maximum absolute atomic E-state index is 6.00. The molecule has 0 radical (unpaired) electrons. The molecule has 1 heterocycles. The molecule has 1 aliphatic rings. The zero-order valence-electron chi connectivity index (χ0n) is 16.6. The van der Waals surface area contributed by atoms with E-state index in [0.29, 0.717) is 18.4 Å². The second-order valence-electron chi connectivity index (χ2n) is 7.29. The van der Waals surface area contributed by atoms with Crippen molar-refractivity contribution in [3.05, 3.63) is 35.4 Å². The van der Waals surface area contributed by atoms with Gasteiger partial charge in [-0.05, 0) is 30.0 Å². The summed E-state index contributed by atoms with van der Waals surface area (Å²) in [5, 5.41) is 3.21. The molecule has 1 aromatic rings. The first-order chi connectivity index (χ1) is 12.1. The summed E-state index contributed by atoms with van der Waals surface area (Å²) in [6.07, 6.45) is 1.11. The Kier molecular flexibility index (Phi) is 11.2. The Bertz CT molecular complexity index is 539. The Balaban J connectivity index is 0.00000338. The van der Waals surface area contributed by atoms with Gasteiger partial charge in [0.25, 0.3) is 0 Å². The number of benzene rings is 1. The van der Waals surface area contributed by atoms with E-state index in [1.54, 1.807) is 0 Å². The molecule has 26 heavy (non-hydrogen) atoms. The van der Waals surface area contributed by atoms with Gasteiger partial charge in [-0.15, -0.1) is 24.0 Å². The highest BCUT2D eigenvalue weighted by Gasteiger charge is 2.16. The lowest BCUT2D eigenvalue weighted by Crippen LogP contribution is -2.45. The van der Waals surface area contributed by atoms with E-state index in [0.717, 1.165) is 39.1 Å². The molecule has 0 amide bonds. The number of guanidine groups is 1. The van der Waals surface area contributed by atoms with Crippen molar-refractivity contribution < 1.29 is 0 Å². The van der Waals surface area contributed by atoms with E-state index in [9.17, 15) is 0 Å². The van der Waals surface area contributed by atoms with Gasteiger partial charge in [0.05, 0.1) is 6.54 Å². The maximum Gasteiger partial charge on any atom is 0.188 e. The highest BCUT2D eigenvalue weighted by Crippen LogP contribution is 2.14. The SMILES string of the molecule is CCN1CCN(Cc2ccccc2CN=C(N)NCCC(C)C)CC1.I. The molecule has 1 fully saturated rings. The number of halogens is 1. The van der Waals surface area contributed by atoms with Gasteiger partial charge in [-0.1, -0.05) is 45.0 Å². The van der Waals surface area contributed by atoms with Gasteiger partial charge in [0, 0.05) is 39.3 Å². The fraction of sp³-hybridized carbons (Fsp3) is 0.650. The number of nitrogens with two attached hydrogens (primary N) is 1. The van der Waals surface area contributed by atoms with Crippen molar-refractivity contribution in [2.45, 2.75) is 40.3 Å². The van der Waals surface area contributed by atoms with E-state index in [1.165, 1.54) is 24.2 Å². The van der Waals surface area contributed by atoms with Crippen LogP contribution in [0.25, 0.3) is 0 Å². The fourth-order valence-electron chi connectivity index (χ4n) is 3.09. The molecule has 148 valence electrons. The van der Waals surface area contributed by atoms with Gasteiger partial charge in [0.1, 0.15) is 0 Å². The number of hydrogen-bond acceptors (Lipinski definition) is 3. The van der Waals surface area contributed by atoms with E-state index >= 15 is 0 Å². The lowest BCUT2D eigenvalue weighted by molar-refractivity contribution is 0.131. The average Bonchev–Trinajstić information content (AvgIpc) is 2.61. The standard InChI is InChI=1S/C20H35N5.HI/c1-4-24-11-13-25(14-12-24)16-19-8-6-5-7-18(19)15-23-20(21)22-10-9-17(2)3;/h5-8,17H,4,9-16H2,1-3H3,(H3,21,22,23);1H. The smallest absolute Gasteiger partial charge is 0.188 e. The van der Waals surface area contributed by atoms with Gasteiger partial charge in [-0.3, -0.25) is 4.90 Å². The van der Waals surface area contributed by atoms with Gasteiger partial charge in [-0.25, -0.2) is 4.99 Å². The molecule has 0 saturated carbocycles. The summed E-state index contributed by atoms with van der Waals surface area (Å²) < 4.78 is 0. The molecular weight excluding hydrogens is 437 g/mol. The van der Waals surface area contributed by atoms with Gasteiger partial charge < -0.3 is 16.0 Å². The molecule has 1 aliphatic heterocycles. The van der Waals surface area contributed by atoms with Crippen LogP contribution in [0.1, 0.15) is 38.3 Å². The van der Waals surface area contributed by atoms with E-state index in [-0.39, 0.29) is 24.0 Å². The Morgan fingerprint density at radius 3 is 2.35 bits per heavy atom. The van der Waals surface area contributed by atoms with Crippen LogP contribution in [0, 0.1) is 5.92 Å². The van der Waals surface area contributed by atoms with Gasteiger partial charge in [-0.2, -0.15) is 0 Å². The van der Waals surface area contributed by atoms with Crippen LogP contribution < -0.4 is 11.1 Å². The first-order valence-electron chi connectivity index (χ1n) is 9.63. The number of rotatable bonds is 8. The molecule has 2 rings (SSSR count). The van der Waals surface area contributed by atoms with E-state index in [2.05, 4.69) is 65.1 Å². The Morgan fingerprint density at radius 1 is 1.12 bits per heavy atom. The molecule has 0 atom stereocenters. The third kappa shape index (κ3) is 8.22. The number of aliphatic imine (C=N–C) groups is 1. The van der Waals surface area contributed by atoms with Crippen molar-refractivity contribution in [2.24, 2.45) is 16.6 Å². The molecule has 3 N–H and O–H groups in total. The minimum Gasteiger partial charge on any atom is -0.370 e. The lowest BCUT2D eigenvalue weighted by atomic mass is 10.1. The summed E-state index contributed by atoms with van der Waals surface area (Å²) in [7, 11) is 0. The Morgan fingerprint density at radius 2 is 1.73 bits per heavy atom. The van der Waals surface area contributed by atoms with Crippen LogP contribution >= 0.6 is 24.0 Å². The number of nitrogens with zero attached hydrogens (tertiary/aromatic N) is 3. The van der Waals surface area contributed by atoms with Crippen molar-refractivity contribution in [1.82, 2.24) is 15.1 Å². The van der Waals surface area contributed by atoms with Crippen molar-refractivity contribution >= 4 is 29.9 Å². The number of piperazine rings is 1. The highest BCUT2D eigenvalue weighted by molar-refractivity contribution is 14.0. The summed E-state index contributed by atoms with van der Waals surface area (Å²) in [6.45, 7) is 15.0. The predicted molar refractivity (Wildman–Crippen MR) is 122 cm³/mol. The van der Waals surface area contributed by atoms with Crippen LogP contribution in [-0.4, -0.2) is 55.0 Å². The van der Waals surface area contributed by atoms with Gasteiger partial charge in [0.15, 0.2) is 5.96 Å². The molecule has 1 saturated heterocycles. The fourth-order valence-corrected chi connectivity index (χ4v) is 3.09. The van der Waals surface area contributed by atoms with Crippen molar-refractivity contribution in [3.63, 3.8) is 0 Å². The molecule has 5 nitrogen and oxygen atoms in total. The zero-order chi connectivity index (χ0) is 18.1. The topological polar surface area (TPSA) is 56.9 Å². The van der Waals surface area contributed by atoms with E-state index < -0.39 is 0 Å². The Labute approximate surface area is 176 Å². The lowest BCUT2D eigenvalue weighted by Gasteiger charge is -2.34. The largest absolute Gasteiger partial charge is 0.370 e. The summed E-state index contributed by atoms with van der Waals surface area (Å²) in [6, 6.07) is 8.60. The summed E-state index contributed by atoms with van der Waals surface area (Å²) in [5.41, 5.74) is 8.63. The van der Waals surface area contributed by atoms with Crippen molar-refractivity contribution in [1.29, 1.82) is 0 Å². The molecule has 0 bridgehead atoms. The molecule has 0 aromatic heterocycles. The number of nitrogens with one attached hydrogen (secondary N) is 1. The Hall–Kier alpha value is -0.860. The minimum absolute atomic E-state index is 0. The normalized spacial score (nSPS) is 16.5.